The van der Waals surface area contributed by atoms with E-state index >= 15 is 0 Å². The Morgan fingerprint density at radius 3 is 2.56 bits per heavy atom. The van der Waals surface area contributed by atoms with Crippen LogP contribution >= 0.6 is 0 Å². The zero-order chi connectivity index (χ0) is 19.4. The molecular weight excluding hydrogens is 348 g/mol. The second-order valence-corrected chi connectivity index (χ2v) is 6.69. The lowest BCUT2D eigenvalue weighted by Crippen LogP contribution is -2.46. The number of ether oxygens (including phenoxy) is 1. The molecule has 1 saturated heterocycles. The lowest BCUT2D eigenvalue weighted by atomic mass is 10.1. The van der Waals surface area contributed by atoms with Gasteiger partial charge in [0.25, 0.3) is 0 Å². The molecule has 0 spiro atoms. The first kappa shape index (κ1) is 18.8. The molecule has 0 radical (unpaired) electrons. The number of nitrogen functional groups attached to an aromatic ring is 1. The SMILES string of the molecule is C[C@H]1CN(c2nc(NCCc3ccccc3)nc(N)c2[N+](=O)[O-])C[C@H](C)O1. The number of rotatable bonds is 6. The minimum Gasteiger partial charge on any atom is -0.378 e. The molecule has 1 aromatic carbocycles. The monoisotopic (exact) mass is 372 g/mol. The summed E-state index contributed by atoms with van der Waals surface area (Å²) >= 11 is 0. The number of anilines is 3. The molecule has 2 atom stereocenters. The highest BCUT2D eigenvalue weighted by molar-refractivity contribution is 5.71. The molecule has 2 heterocycles. The summed E-state index contributed by atoms with van der Waals surface area (Å²) in [6, 6.07) is 10.0. The molecule has 3 N–H and O–H groups in total. The minimum atomic E-state index is -0.525. The summed E-state index contributed by atoms with van der Waals surface area (Å²) in [4.78, 5) is 21.3. The number of nitrogens with zero attached hydrogens (tertiary/aromatic N) is 4. The van der Waals surface area contributed by atoms with Gasteiger partial charge in [-0.15, -0.1) is 0 Å². The van der Waals surface area contributed by atoms with Crippen LogP contribution in [0.15, 0.2) is 30.3 Å². The van der Waals surface area contributed by atoms with E-state index in [2.05, 4.69) is 15.3 Å². The fourth-order valence-corrected chi connectivity index (χ4v) is 3.25. The fraction of sp³-hybridized carbons (Fsp3) is 0.444. The lowest BCUT2D eigenvalue weighted by molar-refractivity contribution is -0.383. The zero-order valence-corrected chi connectivity index (χ0v) is 15.5. The van der Waals surface area contributed by atoms with Gasteiger partial charge in [0.15, 0.2) is 0 Å². The van der Waals surface area contributed by atoms with Crippen molar-refractivity contribution < 1.29 is 9.66 Å². The Morgan fingerprint density at radius 1 is 1.26 bits per heavy atom. The van der Waals surface area contributed by atoms with Gasteiger partial charge in [-0.25, -0.2) is 0 Å². The van der Waals surface area contributed by atoms with Gasteiger partial charge in [0.2, 0.25) is 17.6 Å². The molecule has 144 valence electrons. The van der Waals surface area contributed by atoms with Crippen molar-refractivity contribution in [2.24, 2.45) is 0 Å². The predicted molar refractivity (Wildman–Crippen MR) is 104 cm³/mol. The maximum absolute atomic E-state index is 11.5. The maximum atomic E-state index is 11.5. The normalized spacial score (nSPS) is 19.7. The molecule has 3 rings (SSSR count). The molecule has 27 heavy (non-hydrogen) atoms. The van der Waals surface area contributed by atoms with E-state index in [1.807, 2.05) is 49.1 Å². The quantitative estimate of drug-likeness (QED) is 0.585. The summed E-state index contributed by atoms with van der Waals surface area (Å²) in [7, 11) is 0. The van der Waals surface area contributed by atoms with E-state index in [4.69, 9.17) is 10.5 Å². The molecule has 2 aromatic rings. The third kappa shape index (κ3) is 4.62. The third-order valence-corrected chi connectivity index (χ3v) is 4.33. The number of hydrogen-bond donors (Lipinski definition) is 2. The van der Waals surface area contributed by atoms with Crippen LogP contribution in [-0.2, 0) is 11.2 Å². The van der Waals surface area contributed by atoms with Crippen LogP contribution < -0.4 is 16.0 Å². The third-order valence-electron chi connectivity index (χ3n) is 4.33. The molecule has 0 amide bonds. The van der Waals surface area contributed by atoms with E-state index in [0.29, 0.717) is 19.6 Å². The van der Waals surface area contributed by atoms with Crippen molar-refractivity contribution >= 4 is 23.3 Å². The molecule has 9 heteroatoms. The molecule has 1 fully saturated rings. The van der Waals surface area contributed by atoms with Crippen molar-refractivity contribution in [3.8, 4) is 0 Å². The second kappa shape index (κ2) is 8.17. The highest BCUT2D eigenvalue weighted by Gasteiger charge is 2.32. The largest absolute Gasteiger partial charge is 0.378 e. The molecule has 0 bridgehead atoms. The highest BCUT2D eigenvalue weighted by Crippen LogP contribution is 2.33. The summed E-state index contributed by atoms with van der Waals surface area (Å²) in [5.41, 5.74) is 6.81. The molecule has 0 aliphatic carbocycles. The summed E-state index contributed by atoms with van der Waals surface area (Å²) in [5, 5.41) is 14.6. The van der Waals surface area contributed by atoms with E-state index in [9.17, 15) is 10.1 Å². The van der Waals surface area contributed by atoms with Crippen LogP contribution in [-0.4, -0.2) is 46.7 Å². The second-order valence-electron chi connectivity index (χ2n) is 6.69. The number of aromatic nitrogens is 2. The Balaban J connectivity index is 1.81. The van der Waals surface area contributed by atoms with Crippen LogP contribution in [0.1, 0.15) is 19.4 Å². The van der Waals surface area contributed by atoms with Gasteiger partial charge >= 0.3 is 5.69 Å². The number of benzene rings is 1. The van der Waals surface area contributed by atoms with E-state index in [1.54, 1.807) is 0 Å². The minimum absolute atomic E-state index is 0.0565. The van der Waals surface area contributed by atoms with Gasteiger partial charge in [0.05, 0.1) is 17.1 Å². The van der Waals surface area contributed by atoms with Gasteiger partial charge in [-0.2, -0.15) is 9.97 Å². The molecule has 0 saturated carbocycles. The van der Waals surface area contributed by atoms with Gasteiger partial charge < -0.3 is 20.7 Å². The molecule has 1 aliphatic rings. The zero-order valence-electron chi connectivity index (χ0n) is 15.5. The van der Waals surface area contributed by atoms with Gasteiger partial charge in [-0.05, 0) is 25.8 Å². The number of nitro groups is 1. The van der Waals surface area contributed by atoms with Crippen LogP contribution in [0.3, 0.4) is 0 Å². The molecule has 1 aromatic heterocycles. The van der Waals surface area contributed by atoms with Crippen LogP contribution in [0, 0.1) is 10.1 Å². The number of morpholine rings is 1. The van der Waals surface area contributed by atoms with Crippen molar-refractivity contribution in [1.82, 2.24) is 9.97 Å². The summed E-state index contributed by atoms with van der Waals surface area (Å²) in [5.74, 6) is 0.381. The number of hydrogen-bond acceptors (Lipinski definition) is 8. The first-order valence-corrected chi connectivity index (χ1v) is 8.94. The van der Waals surface area contributed by atoms with Gasteiger partial charge in [0, 0.05) is 19.6 Å². The average molecular weight is 372 g/mol. The Kier molecular flexibility index (Phi) is 5.70. The highest BCUT2D eigenvalue weighted by atomic mass is 16.6. The fourth-order valence-electron chi connectivity index (χ4n) is 3.25. The van der Waals surface area contributed by atoms with Crippen molar-refractivity contribution in [2.45, 2.75) is 32.5 Å². The van der Waals surface area contributed by atoms with Gasteiger partial charge in [-0.1, -0.05) is 30.3 Å². The van der Waals surface area contributed by atoms with Gasteiger partial charge in [-0.3, -0.25) is 10.1 Å². The Hall–Kier alpha value is -2.94. The topological polar surface area (TPSA) is 119 Å². The average Bonchev–Trinajstić information content (AvgIpc) is 2.61. The van der Waals surface area contributed by atoms with Crippen molar-refractivity contribution in [2.75, 3.05) is 35.6 Å². The summed E-state index contributed by atoms with van der Waals surface area (Å²) < 4.78 is 5.71. The van der Waals surface area contributed by atoms with E-state index in [-0.39, 0.29) is 35.5 Å². The number of nitrogens with two attached hydrogens (primary N) is 1. The van der Waals surface area contributed by atoms with Crippen molar-refractivity contribution in [1.29, 1.82) is 0 Å². The van der Waals surface area contributed by atoms with Crippen molar-refractivity contribution in [3.63, 3.8) is 0 Å². The van der Waals surface area contributed by atoms with Crippen LogP contribution in [0.5, 0.6) is 0 Å². The predicted octanol–water partition coefficient (Wildman–Crippen LogP) is 2.24. The van der Waals surface area contributed by atoms with E-state index in [1.165, 1.54) is 5.56 Å². The molecule has 0 unspecified atom stereocenters. The van der Waals surface area contributed by atoms with Crippen LogP contribution in [0.2, 0.25) is 0 Å². The summed E-state index contributed by atoms with van der Waals surface area (Å²) in [6.07, 6.45) is 0.667. The Bertz CT molecular complexity index is 791. The standard InChI is InChI=1S/C18H24N6O3/c1-12-10-23(11-13(2)27-12)17-15(24(25)26)16(19)21-18(22-17)20-9-8-14-6-4-3-5-7-14/h3-7,12-13H,8-11H2,1-2H3,(H3,19,20,21,22)/t12-,13-/m0/s1. The first-order valence-electron chi connectivity index (χ1n) is 8.94. The van der Waals surface area contributed by atoms with Crippen LogP contribution in [0.25, 0.3) is 0 Å². The smallest absolute Gasteiger partial charge is 0.353 e. The van der Waals surface area contributed by atoms with Crippen LogP contribution in [0.4, 0.5) is 23.3 Å². The molecule has 1 aliphatic heterocycles. The van der Waals surface area contributed by atoms with E-state index < -0.39 is 4.92 Å². The lowest BCUT2D eigenvalue weighted by Gasteiger charge is -2.35. The van der Waals surface area contributed by atoms with E-state index in [0.717, 1.165) is 6.42 Å². The maximum Gasteiger partial charge on any atom is 0.353 e. The summed E-state index contributed by atoms with van der Waals surface area (Å²) in [6.45, 7) is 5.46. The van der Waals surface area contributed by atoms with Crippen molar-refractivity contribution in [3.05, 3.63) is 46.0 Å². The van der Waals surface area contributed by atoms with Gasteiger partial charge in [0.1, 0.15) is 0 Å². The number of nitrogens with one attached hydrogen (secondary N) is 1. The molecule has 9 nitrogen and oxygen atoms in total. The molecular formula is C18H24N6O3. The Morgan fingerprint density at radius 2 is 1.93 bits per heavy atom. The Labute approximate surface area is 157 Å². The first-order chi connectivity index (χ1) is 12.9.